The molecule has 2 atom stereocenters. The standard InChI is InChI=1S/C35H43N3O6/c1-40-28-16-25(17-29(19-28)41-2)20-37-21-27(31(23-37)30-8-4-5-9-32(30)42-3)22-38(15-14-36-12-6-7-13-36)35(39)26-10-11-33-34(18-26)44-24-43-33/h4-5,8-11,16-19,27,31H,6-7,12-15,20-24H2,1-3H3. The van der Waals surface area contributed by atoms with Gasteiger partial charge in [0.1, 0.15) is 17.2 Å². The molecule has 1 amide bonds. The minimum Gasteiger partial charge on any atom is -0.497 e. The number of hydrogen-bond acceptors (Lipinski definition) is 8. The normalized spacial score (nSPS) is 19.7. The minimum absolute atomic E-state index is 0.0252. The van der Waals surface area contributed by atoms with Gasteiger partial charge < -0.3 is 33.5 Å². The summed E-state index contributed by atoms with van der Waals surface area (Å²) in [6.45, 7) is 7.00. The van der Waals surface area contributed by atoms with Crippen molar-refractivity contribution in [1.29, 1.82) is 0 Å². The molecule has 0 bridgehead atoms. The molecular formula is C35H43N3O6. The largest absolute Gasteiger partial charge is 0.497 e. The van der Waals surface area contributed by atoms with Gasteiger partial charge in [-0.3, -0.25) is 9.69 Å². The van der Waals surface area contributed by atoms with Crippen LogP contribution >= 0.6 is 0 Å². The first kappa shape index (κ1) is 30.1. The highest BCUT2D eigenvalue weighted by atomic mass is 16.7. The van der Waals surface area contributed by atoms with Crippen LogP contribution in [0.1, 0.15) is 40.2 Å². The van der Waals surface area contributed by atoms with Crippen LogP contribution < -0.4 is 23.7 Å². The Balaban J connectivity index is 1.28. The Hall–Kier alpha value is -3.95. The Morgan fingerprint density at radius 1 is 0.864 bits per heavy atom. The number of carbonyl (C=O) groups is 1. The zero-order valence-corrected chi connectivity index (χ0v) is 26.0. The van der Waals surface area contributed by atoms with Gasteiger partial charge in [0.2, 0.25) is 6.79 Å². The second-order valence-corrected chi connectivity index (χ2v) is 11.9. The fourth-order valence-corrected chi connectivity index (χ4v) is 6.85. The summed E-state index contributed by atoms with van der Waals surface area (Å²) in [6.07, 6.45) is 2.44. The van der Waals surface area contributed by atoms with E-state index < -0.39 is 0 Å². The molecule has 234 valence electrons. The summed E-state index contributed by atoms with van der Waals surface area (Å²) in [5.41, 5.74) is 2.94. The molecule has 0 N–H and O–H groups in total. The molecule has 44 heavy (non-hydrogen) atoms. The zero-order chi connectivity index (χ0) is 30.5. The van der Waals surface area contributed by atoms with Crippen LogP contribution in [0.5, 0.6) is 28.7 Å². The summed E-state index contributed by atoms with van der Waals surface area (Å²) in [6, 6.07) is 19.8. The first-order valence-corrected chi connectivity index (χ1v) is 15.5. The molecule has 2 unspecified atom stereocenters. The monoisotopic (exact) mass is 601 g/mol. The number of nitrogens with zero attached hydrogens (tertiary/aromatic N) is 3. The number of ether oxygens (including phenoxy) is 5. The molecule has 3 aromatic carbocycles. The molecule has 3 heterocycles. The summed E-state index contributed by atoms with van der Waals surface area (Å²) in [4.78, 5) is 21.2. The average Bonchev–Trinajstić information content (AvgIpc) is 3.83. The molecular weight excluding hydrogens is 558 g/mol. The van der Waals surface area contributed by atoms with Crippen LogP contribution in [0.15, 0.2) is 60.7 Å². The van der Waals surface area contributed by atoms with E-state index in [1.54, 1.807) is 21.3 Å². The number of carbonyl (C=O) groups excluding carboxylic acids is 1. The molecule has 2 saturated heterocycles. The molecule has 9 nitrogen and oxygen atoms in total. The molecule has 2 fully saturated rings. The maximum Gasteiger partial charge on any atom is 0.254 e. The van der Waals surface area contributed by atoms with Gasteiger partial charge in [-0.2, -0.15) is 0 Å². The molecule has 0 aliphatic carbocycles. The van der Waals surface area contributed by atoms with Crippen molar-refractivity contribution >= 4 is 5.91 Å². The predicted octanol–water partition coefficient (Wildman–Crippen LogP) is 4.89. The lowest BCUT2D eigenvalue weighted by Gasteiger charge is -2.30. The van der Waals surface area contributed by atoms with Crippen molar-refractivity contribution in [2.24, 2.45) is 5.92 Å². The fraction of sp³-hybridized carbons (Fsp3) is 0.457. The van der Waals surface area contributed by atoms with Gasteiger partial charge in [-0.1, -0.05) is 18.2 Å². The lowest BCUT2D eigenvalue weighted by Crippen LogP contribution is -2.42. The first-order valence-electron chi connectivity index (χ1n) is 15.5. The third kappa shape index (κ3) is 6.74. The fourth-order valence-electron chi connectivity index (χ4n) is 6.85. The van der Waals surface area contributed by atoms with Gasteiger partial charge in [0.15, 0.2) is 11.5 Å². The maximum absolute atomic E-state index is 14.2. The Morgan fingerprint density at radius 3 is 2.36 bits per heavy atom. The van der Waals surface area contributed by atoms with Crippen LogP contribution in [-0.4, -0.2) is 94.5 Å². The van der Waals surface area contributed by atoms with Crippen LogP contribution in [-0.2, 0) is 6.54 Å². The van der Waals surface area contributed by atoms with Crippen molar-refractivity contribution in [2.45, 2.75) is 25.3 Å². The lowest BCUT2D eigenvalue weighted by atomic mass is 9.87. The molecule has 3 aliphatic rings. The molecule has 3 aliphatic heterocycles. The quantitative estimate of drug-likeness (QED) is 0.291. The van der Waals surface area contributed by atoms with E-state index in [2.05, 4.69) is 39.0 Å². The Bertz CT molecular complexity index is 1420. The maximum atomic E-state index is 14.2. The van der Waals surface area contributed by atoms with Gasteiger partial charge in [0.25, 0.3) is 5.91 Å². The summed E-state index contributed by atoms with van der Waals surface area (Å²) < 4.78 is 28.0. The van der Waals surface area contributed by atoms with Gasteiger partial charge in [-0.05, 0) is 79.4 Å². The first-order chi connectivity index (χ1) is 21.5. The number of likely N-dealkylation sites (tertiary alicyclic amines) is 2. The molecule has 6 rings (SSSR count). The minimum atomic E-state index is 0.0252. The van der Waals surface area contributed by atoms with Crippen molar-refractivity contribution in [3.05, 3.63) is 77.4 Å². The molecule has 0 spiro atoms. The number of para-hydroxylation sites is 1. The smallest absolute Gasteiger partial charge is 0.254 e. The third-order valence-electron chi connectivity index (χ3n) is 9.12. The molecule has 0 aromatic heterocycles. The highest BCUT2D eigenvalue weighted by Gasteiger charge is 2.37. The van der Waals surface area contributed by atoms with E-state index in [4.69, 9.17) is 23.7 Å². The SMILES string of the molecule is COc1cc(CN2CC(CN(CCN3CCCC3)C(=O)c3ccc4c(c3)OCO4)C(c3ccccc3OC)C2)cc(OC)c1. The Kier molecular flexibility index (Phi) is 9.43. The number of rotatable bonds is 12. The van der Waals surface area contributed by atoms with Gasteiger partial charge in [0, 0.05) is 56.8 Å². The number of fused-ring (bicyclic) bond motifs is 1. The second kappa shape index (κ2) is 13.8. The van der Waals surface area contributed by atoms with E-state index in [0.717, 1.165) is 62.1 Å². The number of methoxy groups -OCH3 is 3. The summed E-state index contributed by atoms with van der Waals surface area (Å²) >= 11 is 0. The third-order valence-corrected chi connectivity index (χ3v) is 9.12. The van der Waals surface area contributed by atoms with Crippen molar-refractivity contribution < 1.29 is 28.5 Å². The second-order valence-electron chi connectivity index (χ2n) is 11.9. The topological polar surface area (TPSA) is 72.9 Å². The van der Waals surface area contributed by atoms with E-state index >= 15 is 0 Å². The Labute approximate surface area is 260 Å². The summed E-state index contributed by atoms with van der Waals surface area (Å²) in [5.74, 6) is 4.17. The summed E-state index contributed by atoms with van der Waals surface area (Å²) in [5, 5.41) is 0. The zero-order valence-electron chi connectivity index (χ0n) is 26.0. The summed E-state index contributed by atoms with van der Waals surface area (Å²) in [7, 11) is 5.08. The van der Waals surface area contributed by atoms with Crippen LogP contribution in [0.25, 0.3) is 0 Å². The van der Waals surface area contributed by atoms with Crippen LogP contribution in [0.4, 0.5) is 0 Å². The average molecular weight is 602 g/mol. The van der Waals surface area contributed by atoms with Crippen molar-refractivity contribution in [3.8, 4) is 28.7 Å². The van der Waals surface area contributed by atoms with E-state index in [1.165, 1.54) is 18.4 Å². The molecule has 0 saturated carbocycles. The molecule has 3 aromatic rings. The van der Waals surface area contributed by atoms with Gasteiger partial charge in [-0.25, -0.2) is 0 Å². The van der Waals surface area contributed by atoms with E-state index in [9.17, 15) is 4.79 Å². The lowest BCUT2D eigenvalue weighted by molar-refractivity contribution is 0.0707. The molecule has 0 radical (unpaired) electrons. The van der Waals surface area contributed by atoms with E-state index in [-0.39, 0.29) is 24.5 Å². The van der Waals surface area contributed by atoms with Gasteiger partial charge >= 0.3 is 0 Å². The highest BCUT2D eigenvalue weighted by molar-refractivity contribution is 5.95. The van der Waals surface area contributed by atoms with Gasteiger partial charge in [0.05, 0.1) is 21.3 Å². The molecule has 9 heteroatoms. The van der Waals surface area contributed by atoms with Crippen molar-refractivity contribution in [3.63, 3.8) is 0 Å². The van der Waals surface area contributed by atoms with Crippen LogP contribution in [0, 0.1) is 5.92 Å². The van der Waals surface area contributed by atoms with E-state index in [1.807, 2.05) is 36.4 Å². The van der Waals surface area contributed by atoms with Crippen LogP contribution in [0.3, 0.4) is 0 Å². The highest BCUT2D eigenvalue weighted by Crippen LogP contribution is 2.39. The number of amides is 1. The van der Waals surface area contributed by atoms with Crippen molar-refractivity contribution in [1.82, 2.24) is 14.7 Å². The van der Waals surface area contributed by atoms with Gasteiger partial charge in [-0.15, -0.1) is 0 Å². The van der Waals surface area contributed by atoms with E-state index in [0.29, 0.717) is 30.2 Å². The predicted molar refractivity (Wildman–Crippen MR) is 168 cm³/mol. The van der Waals surface area contributed by atoms with Crippen molar-refractivity contribution in [2.75, 3.05) is 73.9 Å². The number of hydrogen-bond donors (Lipinski definition) is 0. The Morgan fingerprint density at radius 2 is 1.61 bits per heavy atom. The number of benzene rings is 3. The van der Waals surface area contributed by atoms with Crippen LogP contribution in [0.2, 0.25) is 0 Å².